The van der Waals surface area contributed by atoms with Crippen molar-refractivity contribution in [3.63, 3.8) is 0 Å². The molecule has 0 atom stereocenters. The van der Waals surface area contributed by atoms with Gasteiger partial charge in [0, 0.05) is 13.1 Å². The first-order valence-corrected chi connectivity index (χ1v) is 10.7. The summed E-state index contributed by atoms with van der Waals surface area (Å²) >= 11 is 0. The average molecular weight is 386 g/mol. The van der Waals surface area contributed by atoms with E-state index in [0.29, 0.717) is 5.69 Å². The zero-order chi connectivity index (χ0) is 18.7. The van der Waals surface area contributed by atoms with Gasteiger partial charge in [0.15, 0.2) is 0 Å². The molecule has 2 aromatic rings. The lowest BCUT2D eigenvalue weighted by molar-refractivity contribution is 0.577. The molecule has 0 saturated carbocycles. The third-order valence-corrected chi connectivity index (χ3v) is 6.12. The van der Waals surface area contributed by atoms with Crippen LogP contribution in [0.4, 0.5) is 10.1 Å². The van der Waals surface area contributed by atoms with Crippen LogP contribution in [0.1, 0.15) is 5.56 Å². The highest BCUT2D eigenvalue weighted by Gasteiger charge is 2.19. The van der Waals surface area contributed by atoms with E-state index in [1.165, 1.54) is 0 Å². The van der Waals surface area contributed by atoms with Crippen molar-refractivity contribution < 1.29 is 21.2 Å². The summed E-state index contributed by atoms with van der Waals surface area (Å²) < 4.78 is 64.6. The zero-order valence-electron chi connectivity index (χ0n) is 13.8. The monoisotopic (exact) mass is 386 g/mol. The second-order valence-electron chi connectivity index (χ2n) is 5.52. The number of sulfonamides is 2. The molecule has 0 unspecified atom stereocenters. The highest BCUT2D eigenvalue weighted by atomic mass is 32.2. The number of nitrogens with one attached hydrogen (secondary N) is 1. The normalized spacial score (nSPS) is 12.1. The van der Waals surface area contributed by atoms with Crippen LogP contribution < -0.4 is 9.03 Å². The van der Waals surface area contributed by atoms with E-state index >= 15 is 0 Å². The number of hydrogen-bond donors (Lipinski definition) is 1. The van der Waals surface area contributed by atoms with E-state index in [9.17, 15) is 21.2 Å². The van der Waals surface area contributed by atoms with Crippen molar-refractivity contribution in [2.45, 2.75) is 11.8 Å². The zero-order valence-corrected chi connectivity index (χ0v) is 15.4. The molecule has 0 spiro atoms. The van der Waals surface area contributed by atoms with E-state index < -0.39 is 25.9 Å². The fourth-order valence-electron chi connectivity index (χ4n) is 2.18. The van der Waals surface area contributed by atoms with Gasteiger partial charge >= 0.3 is 0 Å². The van der Waals surface area contributed by atoms with Gasteiger partial charge in [-0.2, -0.15) is 0 Å². The van der Waals surface area contributed by atoms with Gasteiger partial charge in [-0.3, -0.25) is 4.31 Å². The van der Waals surface area contributed by atoms with E-state index in [0.717, 1.165) is 40.4 Å². The molecule has 0 aliphatic heterocycles. The molecule has 2 aromatic carbocycles. The highest BCUT2D eigenvalue weighted by molar-refractivity contribution is 7.92. The van der Waals surface area contributed by atoms with Crippen LogP contribution in [0.15, 0.2) is 53.4 Å². The second-order valence-corrected chi connectivity index (χ2v) is 9.20. The smallest absolute Gasteiger partial charge is 0.240 e. The molecule has 0 amide bonds. The number of nitrogens with zero attached hydrogens (tertiary/aromatic N) is 1. The Balaban J connectivity index is 2.11. The molecule has 9 heteroatoms. The third kappa shape index (κ3) is 5.25. The predicted octanol–water partition coefficient (Wildman–Crippen LogP) is 1.88. The van der Waals surface area contributed by atoms with Gasteiger partial charge in [-0.25, -0.2) is 25.9 Å². The maximum absolute atomic E-state index is 12.9. The Labute approximate surface area is 147 Å². The van der Waals surface area contributed by atoms with Gasteiger partial charge in [0.1, 0.15) is 5.82 Å². The van der Waals surface area contributed by atoms with Crippen LogP contribution in [0.5, 0.6) is 0 Å². The molecule has 0 saturated heterocycles. The van der Waals surface area contributed by atoms with Crippen LogP contribution in [-0.2, 0) is 20.0 Å². The molecule has 0 radical (unpaired) electrons. The highest BCUT2D eigenvalue weighted by Crippen LogP contribution is 2.18. The topological polar surface area (TPSA) is 83.6 Å². The van der Waals surface area contributed by atoms with E-state index in [1.54, 1.807) is 24.3 Å². The molecular weight excluding hydrogens is 367 g/mol. The molecule has 0 aromatic heterocycles. The molecule has 136 valence electrons. The minimum atomic E-state index is -3.85. The van der Waals surface area contributed by atoms with Gasteiger partial charge < -0.3 is 0 Å². The van der Waals surface area contributed by atoms with E-state index in [-0.39, 0.29) is 18.0 Å². The second kappa shape index (κ2) is 7.51. The van der Waals surface area contributed by atoms with Gasteiger partial charge in [0.05, 0.1) is 16.8 Å². The maximum Gasteiger partial charge on any atom is 0.240 e. The molecule has 0 heterocycles. The van der Waals surface area contributed by atoms with Crippen LogP contribution in [0.25, 0.3) is 0 Å². The van der Waals surface area contributed by atoms with Crippen molar-refractivity contribution in [2.24, 2.45) is 0 Å². The van der Waals surface area contributed by atoms with Crippen LogP contribution in [0.2, 0.25) is 0 Å². The minimum absolute atomic E-state index is 0.0671. The fraction of sp³-hybridized carbons (Fsp3) is 0.250. The predicted molar refractivity (Wildman–Crippen MR) is 95.0 cm³/mol. The Morgan fingerprint density at radius 2 is 1.52 bits per heavy atom. The van der Waals surface area contributed by atoms with Crippen LogP contribution >= 0.6 is 0 Å². The Bertz CT molecular complexity index is 925. The van der Waals surface area contributed by atoms with E-state index in [1.807, 2.05) is 6.92 Å². The molecule has 0 bridgehead atoms. The van der Waals surface area contributed by atoms with E-state index in [4.69, 9.17) is 0 Å². The van der Waals surface area contributed by atoms with Gasteiger partial charge in [0.25, 0.3) is 0 Å². The van der Waals surface area contributed by atoms with Gasteiger partial charge in [-0.15, -0.1) is 0 Å². The summed E-state index contributed by atoms with van der Waals surface area (Å²) in [5.41, 5.74) is 1.43. The standard InChI is InChI=1S/C16H19FN2O4S2/c1-13-3-7-15(8-4-13)19(24(2,20)21)12-11-18-25(22,23)16-9-5-14(17)6-10-16/h3-10,18H,11-12H2,1-2H3. The Morgan fingerprint density at radius 3 is 2.04 bits per heavy atom. The number of benzene rings is 2. The van der Waals surface area contributed by atoms with Crippen LogP contribution in [-0.4, -0.2) is 36.2 Å². The maximum atomic E-state index is 12.9. The fourth-order valence-corrected chi connectivity index (χ4v) is 4.12. The Hall–Kier alpha value is -1.97. The van der Waals surface area contributed by atoms with Gasteiger partial charge in [0.2, 0.25) is 20.0 Å². The Kier molecular flexibility index (Phi) is 5.81. The molecule has 6 nitrogen and oxygen atoms in total. The van der Waals surface area contributed by atoms with Gasteiger partial charge in [-0.1, -0.05) is 17.7 Å². The first-order chi connectivity index (χ1) is 11.6. The molecule has 2 rings (SSSR count). The quantitative estimate of drug-likeness (QED) is 0.788. The SMILES string of the molecule is Cc1ccc(N(CCNS(=O)(=O)c2ccc(F)cc2)S(C)(=O)=O)cc1. The first kappa shape index (κ1) is 19.4. The molecule has 1 N–H and O–H groups in total. The Morgan fingerprint density at radius 1 is 0.960 bits per heavy atom. The van der Waals surface area contributed by atoms with Crippen LogP contribution in [0, 0.1) is 12.7 Å². The molecule has 25 heavy (non-hydrogen) atoms. The van der Waals surface area contributed by atoms with Crippen molar-refractivity contribution in [3.8, 4) is 0 Å². The minimum Gasteiger partial charge on any atom is -0.269 e. The van der Waals surface area contributed by atoms with Crippen molar-refractivity contribution in [2.75, 3.05) is 23.7 Å². The van der Waals surface area contributed by atoms with Gasteiger partial charge in [-0.05, 0) is 43.3 Å². The average Bonchev–Trinajstić information content (AvgIpc) is 2.52. The summed E-state index contributed by atoms with van der Waals surface area (Å²) in [6.45, 7) is 1.69. The number of rotatable bonds is 7. The number of anilines is 1. The lowest BCUT2D eigenvalue weighted by atomic mass is 10.2. The summed E-state index contributed by atoms with van der Waals surface area (Å²) in [7, 11) is -7.42. The van der Waals surface area contributed by atoms with Crippen LogP contribution in [0.3, 0.4) is 0 Å². The summed E-state index contributed by atoms with van der Waals surface area (Å²) in [6.07, 6.45) is 1.06. The molecule has 0 aliphatic rings. The molecule has 0 aliphatic carbocycles. The number of halogens is 1. The van der Waals surface area contributed by atoms with Crippen molar-refractivity contribution >= 4 is 25.7 Å². The summed E-state index contributed by atoms with van der Waals surface area (Å²) in [5, 5.41) is 0. The summed E-state index contributed by atoms with van der Waals surface area (Å²) in [6, 6.07) is 11.2. The molecule has 0 fully saturated rings. The third-order valence-electron chi connectivity index (χ3n) is 3.45. The first-order valence-electron chi connectivity index (χ1n) is 7.39. The summed E-state index contributed by atoms with van der Waals surface area (Å²) in [4.78, 5) is -0.0878. The lowest BCUT2D eigenvalue weighted by Crippen LogP contribution is -2.38. The number of aryl methyl sites for hydroxylation is 1. The molecular formula is C16H19FN2O4S2. The summed E-state index contributed by atoms with van der Waals surface area (Å²) in [5.74, 6) is -0.540. The van der Waals surface area contributed by atoms with Crippen molar-refractivity contribution in [1.82, 2.24) is 4.72 Å². The van der Waals surface area contributed by atoms with E-state index in [2.05, 4.69) is 4.72 Å². The lowest BCUT2D eigenvalue weighted by Gasteiger charge is -2.22. The number of hydrogen-bond acceptors (Lipinski definition) is 4. The largest absolute Gasteiger partial charge is 0.269 e. The van der Waals surface area contributed by atoms with Crippen molar-refractivity contribution in [3.05, 3.63) is 59.9 Å². The van der Waals surface area contributed by atoms with Crippen molar-refractivity contribution in [1.29, 1.82) is 0 Å².